The van der Waals surface area contributed by atoms with Crippen molar-refractivity contribution in [1.82, 2.24) is 0 Å². The van der Waals surface area contributed by atoms with E-state index in [2.05, 4.69) is 54.7 Å². The highest BCUT2D eigenvalue weighted by molar-refractivity contribution is 9.10. The maximum absolute atomic E-state index is 5.78. The first-order valence-electron chi connectivity index (χ1n) is 5.66. The summed E-state index contributed by atoms with van der Waals surface area (Å²) in [6, 6.07) is 7.97. The predicted octanol–water partition coefficient (Wildman–Crippen LogP) is 5.40. The van der Waals surface area contributed by atoms with Crippen LogP contribution in [0, 0.1) is 5.41 Å². The van der Waals surface area contributed by atoms with Crippen LogP contribution < -0.4 is 4.74 Å². The first-order valence-corrected chi connectivity index (χ1v) is 8.69. The van der Waals surface area contributed by atoms with Crippen LogP contribution in [0.2, 0.25) is 0 Å². The quantitative estimate of drug-likeness (QED) is 0.528. The van der Waals surface area contributed by atoms with Crippen LogP contribution in [0.4, 0.5) is 0 Å². The highest BCUT2D eigenvalue weighted by atomic mass is 79.9. The minimum Gasteiger partial charge on any atom is -0.494 e. The number of hydrogen-bond donors (Lipinski definition) is 0. The molecule has 0 amide bonds. The van der Waals surface area contributed by atoms with Gasteiger partial charge in [0.15, 0.2) is 0 Å². The van der Waals surface area contributed by atoms with Gasteiger partial charge in [-0.3, -0.25) is 0 Å². The summed E-state index contributed by atoms with van der Waals surface area (Å²) < 4.78 is 6.83. The van der Waals surface area contributed by atoms with Crippen LogP contribution in [0.5, 0.6) is 5.75 Å². The standard InChI is InChI=1S/C13H17Br3O/c1-2-13(9-14,10-15)6-7-17-12-5-3-4-11(16)8-12/h3-5,8H,2,6-7,9-10H2,1H3. The average molecular weight is 429 g/mol. The molecule has 0 aliphatic heterocycles. The summed E-state index contributed by atoms with van der Waals surface area (Å²) in [6.07, 6.45) is 2.19. The van der Waals surface area contributed by atoms with E-state index in [4.69, 9.17) is 4.74 Å². The zero-order valence-electron chi connectivity index (χ0n) is 9.89. The van der Waals surface area contributed by atoms with Gasteiger partial charge in [0.1, 0.15) is 5.75 Å². The van der Waals surface area contributed by atoms with Crippen LogP contribution in [0.25, 0.3) is 0 Å². The fourth-order valence-corrected chi connectivity index (χ4v) is 4.14. The number of benzene rings is 1. The van der Waals surface area contributed by atoms with Crippen molar-refractivity contribution >= 4 is 47.8 Å². The Morgan fingerprint density at radius 1 is 1.24 bits per heavy atom. The third kappa shape index (κ3) is 4.92. The Morgan fingerprint density at radius 2 is 1.94 bits per heavy atom. The minimum absolute atomic E-state index is 0.298. The molecule has 4 heteroatoms. The third-order valence-corrected chi connectivity index (χ3v) is 5.89. The monoisotopic (exact) mass is 426 g/mol. The van der Waals surface area contributed by atoms with Gasteiger partial charge in [0.25, 0.3) is 0 Å². The van der Waals surface area contributed by atoms with Gasteiger partial charge < -0.3 is 4.74 Å². The van der Waals surface area contributed by atoms with Crippen molar-refractivity contribution in [3.8, 4) is 5.75 Å². The van der Waals surface area contributed by atoms with E-state index in [9.17, 15) is 0 Å². The van der Waals surface area contributed by atoms with Crippen LogP contribution in [0.1, 0.15) is 19.8 Å². The molecule has 0 atom stereocenters. The normalized spacial score (nSPS) is 11.5. The van der Waals surface area contributed by atoms with Crippen molar-refractivity contribution in [2.45, 2.75) is 19.8 Å². The smallest absolute Gasteiger partial charge is 0.120 e. The molecular formula is C13H17Br3O. The Labute approximate surface area is 129 Å². The van der Waals surface area contributed by atoms with E-state index in [1.165, 1.54) is 0 Å². The number of alkyl halides is 2. The zero-order chi connectivity index (χ0) is 12.7. The molecule has 0 aromatic heterocycles. The number of halogens is 3. The van der Waals surface area contributed by atoms with Gasteiger partial charge in [-0.25, -0.2) is 0 Å². The van der Waals surface area contributed by atoms with E-state index in [0.29, 0.717) is 5.41 Å². The number of rotatable bonds is 7. The lowest BCUT2D eigenvalue weighted by atomic mass is 9.87. The lowest BCUT2D eigenvalue weighted by Crippen LogP contribution is -2.26. The van der Waals surface area contributed by atoms with E-state index in [0.717, 1.165) is 40.3 Å². The Morgan fingerprint density at radius 3 is 2.47 bits per heavy atom. The van der Waals surface area contributed by atoms with Crippen LogP contribution in [-0.4, -0.2) is 17.3 Å². The molecule has 0 bridgehead atoms. The van der Waals surface area contributed by atoms with E-state index < -0.39 is 0 Å². The van der Waals surface area contributed by atoms with Gasteiger partial charge in [0.05, 0.1) is 6.61 Å². The van der Waals surface area contributed by atoms with Gasteiger partial charge in [0, 0.05) is 15.1 Å². The Kier molecular flexibility index (Phi) is 7.12. The Hall–Kier alpha value is 0.460. The summed E-state index contributed by atoms with van der Waals surface area (Å²) in [6.45, 7) is 2.98. The summed E-state index contributed by atoms with van der Waals surface area (Å²) in [7, 11) is 0. The molecule has 1 aromatic carbocycles. The van der Waals surface area contributed by atoms with E-state index in [-0.39, 0.29) is 0 Å². The molecule has 1 rings (SSSR count). The van der Waals surface area contributed by atoms with Crippen molar-refractivity contribution in [3.63, 3.8) is 0 Å². The maximum Gasteiger partial charge on any atom is 0.120 e. The zero-order valence-corrected chi connectivity index (χ0v) is 14.6. The topological polar surface area (TPSA) is 9.23 Å². The molecule has 96 valence electrons. The predicted molar refractivity (Wildman–Crippen MR) is 84.6 cm³/mol. The highest BCUT2D eigenvalue weighted by Gasteiger charge is 2.25. The molecule has 0 saturated heterocycles. The lowest BCUT2D eigenvalue weighted by molar-refractivity contribution is 0.232. The molecule has 0 aliphatic carbocycles. The van der Waals surface area contributed by atoms with Gasteiger partial charge in [0.2, 0.25) is 0 Å². The van der Waals surface area contributed by atoms with Crippen molar-refractivity contribution in [1.29, 1.82) is 0 Å². The second-order valence-electron chi connectivity index (χ2n) is 4.18. The van der Waals surface area contributed by atoms with E-state index >= 15 is 0 Å². The van der Waals surface area contributed by atoms with Gasteiger partial charge >= 0.3 is 0 Å². The molecule has 0 fully saturated rings. The molecule has 0 heterocycles. The summed E-state index contributed by atoms with van der Waals surface area (Å²) in [5, 5.41) is 2.01. The Balaban J connectivity index is 2.46. The van der Waals surface area contributed by atoms with Gasteiger partial charge in [-0.2, -0.15) is 0 Å². The summed E-state index contributed by atoms with van der Waals surface area (Å²) in [5.41, 5.74) is 0.298. The molecule has 0 spiro atoms. The molecule has 1 aromatic rings. The minimum atomic E-state index is 0.298. The Bertz CT molecular complexity index is 329. The molecule has 0 N–H and O–H groups in total. The largest absolute Gasteiger partial charge is 0.494 e. The van der Waals surface area contributed by atoms with Crippen LogP contribution in [0.15, 0.2) is 28.7 Å². The summed E-state index contributed by atoms with van der Waals surface area (Å²) in [5.74, 6) is 0.925. The third-order valence-electron chi connectivity index (χ3n) is 3.01. The first-order chi connectivity index (χ1) is 8.15. The van der Waals surface area contributed by atoms with E-state index in [1.54, 1.807) is 0 Å². The summed E-state index contributed by atoms with van der Waals surface area (Å²) >= 11 is 10.6. The molecule has 0 radical (unpaired) electrons. The average Bonchev–Trinajstić information content (AvgIpc) is 2.35. The second-order valence-corrected chi connectivity index (χ2v) is 6.21. The van der Waals surface area contributed by atoms with Crippen LogP contribution >= 0.6 is 47.8 Å². The van der Waals surface area contributed by atoms with Crippen LogP contribution in [0.3, 0.4) is 0 Å². The molecule has 1 nitrogen and oxygen atoms in total. The second kappa shape index (κ2) is 7.80. The molecule has 0 saturated carbocycles. The summed E-state index contributed by atoms with van der Waals surface area (Å²) in [4.78, 5) is 0. The fraction of sp³-hybridized carbons (Fsp3) is 0.538. The molecule has 17 heavy (non-hydrogen) atoms. The first kappa shape index (κ1) is 15.5. The number of hydrogen-bond acceptors (Lipinski definition) is 1. The SMILES string of the molecule is CCC(CBr)(CBr)CCOc1cccc(Br)c1. The van der Waals surface area contributed by atoms with Crippen molar-refractivity contribution < 1.29 is 4.74 Å². The fourth-order valence-electron chi connectivity index (χ4n) is 1.48. The highest BCUT2D eigenvalue weighted by Crippen LogP contribution is 2.31. The van der Waals surface area contributed by atoms with Gasteiger partial charge in [-0.15, -0.1) is 0 Å². The molecular weight excluding hydrogens is 412 g/mol. The molecule has 0 aliphatic rings. The van der Waals surface area contributed by atoms with Crippen molar-refractivity contribution in [3.05, 3.63) is 28.7 Å². The van der Waals surface area contributed by atoms with Crippen molar-refractivity contribution in [2.24, 2.45) is 5.41 Å². The maximum atomic E-state index is 5.78. The number of ether oxygens (including phenoxy) is 1. The van der Waals surface area contributed by atoms with Gasteiger partial charge in [-0.05, 0) is 36.5 Å². The molecule has 0 unspecified atom stereocenters. The van der Waals surface area contributed by atoms with Crippen LogP contribution in [-0.2, 0) is 0 Å². The van der Waals surface area contributed by atoms with Gasteiger partial charge in [-0.1, -0.05) is 60.8 Å². The van der Waals surface area contributed by atoms with Crippen molar-refractivity contribution in [2.75, 3.05) is 17.3 Å². The lowest BCUT2D eigenvalue weighted by Gasteiger charge is -2.28. The van der Waals surface area contributed by atoms with E-state index in [1.807, 2.05) is 24.3 Å².